The van der Waals surface area contributed by atoms with Gasteiger partial charge < -0.3 is 22.1 Å². The van der Waals surface area contributed by atoms with Crippen LogP contribution in [0.15, 0.2) is 48.5 Å². The van der Waals surface area contributed by atoms with E-state index in [1.807, 2.05) is 30.3 Å². The van der Waals surface area contributed by atoms with Crippen molar-refractivity contribution in [3.63, 3.8) is 0 Å². The Hall–Kier alpha value is -2.86. The number of nitrogens with one attached hydrogen (secondary N) is 2. The molecule has 6 heteroatoms. The van der Waals surface area contributed by atoms with Crippen LogP contribution in [0.2, 0.25) is 0 Å². The van der Waals surface area contributed by atoms with E-state index in [9.17, 15) is 9.59 Å². The Balaban J connectivity index is 1.54. The predicted octanol–water partition coefficient (Wildman–Crippen LogP) is 3.39. The van der Waals surface area contributed by atoms with Crippen LogP contribution in [0.5, 0.6) is 0 Å². The zero-order valence-corrected chi connectivity index (χ0v) is 19.1. The lowest BCUT2D eigenvalue weighted by molar-refractivity contribution is -0.135. The van der Waals surface area contributed by atoms with Crippen LogP contribution in [0.4, 0.5) is 5.69 Å². The highest BCUT2D eigenvalue weighted by Gasteiger charge is 2.56. The van der Waals surface area contributed by atoms with Crippen molar-refractivity contribution in [1.82, 2.24) is 10.6 Å². The number of rotatable bonds is 6. The first-order valence-corrected chi connectivity index (χ1v) is 11.5. The average molecular weight is 435 g/mol. The van der Waals surface area contributed by atoms with E-state index in [0.29, 0.717) is 41.0 Å². The summed E-state index contributed by atoms with van der Waals surface area (Å²) in [4.78, 5) is 26.5. The Morgan fingerprint density at radius 3 is 2.47 bits per heavy atom. The maximum atomic E-state index is 13.4. The van der Waals surface area contributed by atoms with E-state index in [-0.39, 0.29) is 17.9 Å². The number of hydrogen-bond acceptors (Lipinski definition) is 4. The van der Waals surface area contributed by atoms with Crippen molar-refractivity contribution >= 4 is 17.5 Å². The summed E-state index contributed by atoms with van der Waals surface area (Å²) in [6, 6.07) is 13.8. The molecular formula is C26H34N4O2. The van der Waals surface area contributed by atoms with Crippen molar-refractivity contribution in [2.45, 2.75) is 52.2 Å². The van der Waals surface area contributed by atoms with E-state index in [1.165, 1.54) is 6.42 Å². The molecule has 0 heterocycles. The first-order chi connectivity index (χ1) is 15.2. The van der Waals surface area contributed by atoms with Gasteiger partial charge in [0.15, 0.2) is 0 Å². The van der Waals surface area contributed by atoms with Gasteiger partial charge in [0.25, 0.3) is 5.91 Å². The van der Waals surface area contributed by atoms with Gasteiger partial charge in [-0.1, -0.05) is 57.2 Å². The molecule has 0 aromatic heterocycles. The Labute approximate surface area is 190 Å². The van der Waals surface area contributed by atoms with Gasteiger partial charge in [0, 0.05) is 18.3 Å². The molecule has 5 rings (SSSR count). The molecule has 3 saturated carbocycles. The van der Waals surface area contributed by atoms with Gasteiger partial charge in [-0.25, -0.2) is 0 Å². The highest BCUT2D eigenvalue weighted by molar-refractivity contribution is 6.01. The standard InChI is InChI=1S/C26H34N4O2/c1-15-20-12-18(26(20,2)3)13-22(15)29-25(32)23(17-7-5-4-6-8-17)30-24(31)19-11-16(14-27)9-10-21(19)28/h4-11,15,18,20,22-23H,12-14,27-28H2,1-3H3,(H,29,32)(H,30,31)/t15-,18+,20-,22-,23?/m0/s1. The van der Waals surface area contributed by atoms with Crippen LogP contribution in [0.25, 0.3) is 0 Å². The minimum absolute atomic E-state index is 0.119. The van der Waals surface area contributed by atoms with E-state index in [1.54, 1.807) is 18.2 Å². The quantitative estimate of drug-likeness (QED) is 0.522. The number of fused-ring (bicyclic) bond motifs is 2. The van der Waals surface area contributed by atoms with Gasteiger partial charge in [0.1, 0.15) is 6.04 Å². The van der Waals surface area contributed by atoms with Crippen molar-refractivity contribution in [2.24, 2.45) is 28.9 Å². The van der Waals surface area contributed by atoms with Crippen LogP contribution in [0.1, 0.15) is 61.1 Å². The number of carbonyl (C=O) groups excluding carboxylic acids is 2. The van der Waals surface area contributed by atoms with Crippen molar-refractivity contribution < 1.29 is 9.59 Å². The normalized spacial score (nSPS) is 26.5. The lowest BCUT2D eigenvalue weighted by atomic mass is 9.45. The van der Waals surface area contributed by atoms with Crippen molar-refractivity contribution in [3.05, 3.63) is 65.2 Å². The van der Waals surface area contributed by atoms with Crippen LogP contribution < -0.4 is 22.1 Å². The third-order valence-electron chi connectivity index (χ3n) is 7.95. The minimum Gasteiger partial charge on any atom is -0.398 e. The number of amides is 2. The zero-order chi connectivity index (χ0) is 23.0. The maximum Gasteiger partial charge on any atom is 0.254 e. The Morgan fingerprint density at radius 1 is 1.12 bits per heavy atom. The van der Waals surface area contributed by atoms with Gasteiger partial charge in [-0.3, -0.25) is 9.59 Å². The number of hydrogen-bond donors (Lipinski definition) is 4. The van der Waals surface area contributed by atoms with Gasteiger partial charge in [-0.2, -0.15) is 0 Å². The van der Waals surface area contributed by atoms with Gasteiger partial charge in [0.2, 0.25) is 5.91 Å². The number of carbonyl (C=O) groups is 2. The smallest absolute Gasteiger partial charge is 0.254 e. The Bertz CT molecular complexity index is 1000. The number of benzene rings is 2. The van der Waals surface area contributed by atoms with Crippen LogP contribution in [-0.4, -0.2) is 17.9 Å². The first-order valence-electron chi connectivity index (χ1n) is 11.5. The molecule has 0 radical (unpaired) electrons. The van der Waals surface area contributed by atoms with Crippen LogP contribution in [0.3, 0.4) is 0 Å². The topological polar surface area (TPSA) is 110 Å². The molecule has 6 nitrogen and oxygen atoms in total. The summed E-state index contributed by atoms with van der Waals surface area (Å²) in [5.74, 6) is 1.09. The van der Waals surface area contributed by atoms with E-state index >= 15 is 0 Å². The summed E-state index contributed by atoms with van der Waals surface area (Å²) < 4.78 is 0. The monoisotopic (exact) mass is 434 g/mol. The van der Waals surface area contributed by atoms with Gasteiger partial charge in [-0.15, -0.1) is 0 Å². The molecule has 170 valence electrons. The molecule has 0 spiro atoms. The molecule has 3 aliphatic carbocycles. The molecule has 3 aliphatic rings. The molecule has 6 N–H and O–H groups in total. The second-order valence-corrected chi connectivity index (χ2v) is 10.0. The van der Waals surface area contributed by atoms with Gasteiger partial charge >= 0.3 is 0 Å². The first kappa shape index (κ1) is 22.3. The SMILES string of the molecule is C[C@@H]1[C@@H](NC(=O)C(NC(=O)c2cc(CN)ccc2N)c2ccccc2)C[C@H]2C[C@@H]1C2(C)C. The summed E-state index contributed by atoms with van der Waals surface area (Å²) >= 11 is 0. The largest absolute Gasteiger partial charge is 0.398 e. The van der Waals surface area contributed by atoms with Crippen molar-refractivity contribution in [2.75, 3.05) is 5.73 Å². The zero-order valence-electron chi connectivity index (χ0n) is 19.1. The molecule has 5 atom stereocenters. The molecule has 0 saturated heterocycles. The molecule has 2 amide bonds. The maximum absolute atomic E-state index is 13.4. The van der Waals surface area contributed by atoms with Crippen molar-refractivity contribution in [1.29, 1.82) is 0 Å². The molecule has 0 aliphatic heterocycles. The highest BCUT2D eigenvalue weighted by atomic mass is 16.2. The van der Waals surface area contributed by atoms with Crippen LogP contribution in [0, 0.1) is 23.2 Å². The minimum atomic E-state index is -0.803. The number of nitrogen functional groups attached to an aromatic ring is 1. The van der Waals surface area contributed by atoms with Crippen LogP contribution in [-0.2, 0) is 11.3 Å². The second-order valence-electron chi connectivity index (χ2n) is 10.0. The number of anilines is 1. The van der Waals surface area contributed by atoms with E-state index in [2.05, 4.69) is 31.4 Å². The summed E-state index contributed by atoms with van der Waals surface area (Å²) in [5, 5.41) is 6.17. The molecule has 1 unspecified atom stereocenters. The average Bonchev–Trinajstić information content (AvgIpc) is 2.79. The summed E-state index contributed by atoms with van der Waals surface area (Å²) in [6.45, 7) is 7.23. The summed E-state index contributed by atoms with van der Waals surface area (Å²) in [7, 11) is 0. The Morgan fingerprint density at radius 2 is 1.84 bits per heavy atom. The molecule has 2 aromatic carbocycles. The molecule has 2 aromatic rings. The lowest BCUT2D eigenvalue weighted by Crippen LogP contribution is -2.61. The molecule has 2 bridgehead atoms. The molecule has 3 fully saturated rings. The fourth-order valence-electron chi connectivity index (χ4n) is 5.69. The fourth-order valence-corrected chi connectivity index (χ4v) is 5.69. The highest BCUT2D eigenvalue weighted by Crippen LogP contribution is 2.61. The number of nitrogens with two attached hydrogens (primary N) is 2. The van der Waals surface area contributed by atoms with Gasteiger partial charge in [-0.05, 0) is 59.3 Å². The van der Waals surface area contributed by atoms with E-state index in [4.69, 9.17) is 11.5 Å². The summed E-state index contributed by atoms with van der Waals surface area (Å²) in [5.41, 5.74) is 14.3. The summed E-state index contributed by atoms with van der Waals surface area (Å²) in [6.07, 6.45) is 2.23. The predicted molar refractivity (Wildman–Crippen MR) is 126 cm³/mol. The lowest BCUT2D eigenvalue weighted by Gasteiger charge is -2.62. The third kappa shape index (κ3) is 3.99. The second kappa shape index (κ2) is 8.58. The van der Waals surface area contributed by atoms with Gasteiger partial charge in [0.05, 0.1) is 5.56 Å². The third-order valence-corrected chi connectivity index (χ3v) is 7.95. The van der Waals surface area contributed by atoms with E-state index in [0.717, 1.165) is 17.5 Å². The Kier molecular flexibility index (Phi) is 5.99. The van der Waals surface area contributed by atoms with Crippen molar-refractivity contribution in [3.8, 4) is 0 Å². The fraction of sp³-hybridized carbons (Fsp3) is 0.462. The molecule has 32 heavy (non-hydrogen) atoms. The van der Waals surface area contributed by atoms with Crippen LogP contribution >= 0.6 is 0 Å². The molecular weight excluding hydrogens is 400 g/mol. The van der Waals surface area contributed by atoms with E-state index < -0.39 is 6.04 Å².